The van der Waals surface area contributed by atoms with Gasteiger partial charge >= 0.3 is 0 Å². The number of anilines is 1. The number of benzene rings is 3. The highest BCUT2D eigenvalue weighted by atomic mass is 32.2. The van der Waals surface area contributed by atoms with Crippen molar-refractivity contribution in [1.82, 2.24) is 10.2 Å². The van der Waals surface area contributed by atoms with Gasteiger partial charge in [-0.2, -0.15) is 0 Å². The molecule has 3 aromatic rings. The maximum Gasteiger partial charge on any atom is 0.264 e. The van der Waals surface area contributed by atoms with E-state index >= 15 is 0 Å². The standard InChI is InChI=1S/C30H37N3O4S/c1-5-28(30(35)31-6-2)32(21-20-25-10-8-7-9-11-25)29(34)22-33(26-16-12-23(3)13-17-26)38(36,37)27-18-14-24(4)15-19-27/h7-19,28H,5-6,20-22H2,1-4H3,(H,31,35)/t28-/m0/s1. The van der Waals surface area contributed by atoms with E-state index in [-0.39, 0.29) is 17.3 Å². The Bertz CT molecular complexity index is 1310. The van der Waals surface area contributed by atoms with Crippen molar-refractivity contribution in [3.05, 3.63) is 95.6 Å². The van der Waals surface area contributed by atoms with E-state index in [9.17, 15) is 18.0 Å². The van der Waals surface area contributed by atoms with Crippen LogP contribution in [0.5, 0.6) is 0 Å². The minimum atomic E-state index is -4.06. The number of rotatable bonds is 12. The van der Waals surface area contributed by atoms with E-state index in [2.05, 4.69) is 5.32 Å². The van der Waals surface area contributed by atoms with Crippen molar-refractivity contribution in [3.8, 4) is 0 Å². The van der Waals surface area contributed by atoms with E-state index in [1.165, 1.54) is 4.90 Å². The van der Waals surface area contributed by atoms with Crippen LogP contribution in [0.3, 0.4) is 0 Å². The van der Waals surface area contributed by atoms with Crippen LogP contribution in [-0.2, 0) is 26.0 Å². The number of likely N-dealkylation sites (N-methyl/N-ethyl adjacent to an activating group) is 1. The van der Waals surface area contributed by atoms with Crippen molar-refractivity contribution in [3.63, 3.8) is 0 Å². The molecule has 0 aromatic heterocycles. The van der Waals surface area contributed by atoms with Gasteiger partial charge in [-0.15, -0.1) is 0 Å². The molecule has 38 heavy (non-hydrogen) atoms. The van der Waals surface area contributed by atoms with Crippen molar-refractivity contribution in [1.29, 1.82) is 0 Å². The quantitative estimate of drug-likeness (QED) is 0.370. The van der Waals surface area contributed by atoms with Crippen molar-refractivity contribution >= 4 is 27.5 Å². The number of carbonyl (C=O) groups is 2. The van der Waals surface area contributed by atoms with Gasteiger partial charge in [-0.3, -0.25) is 13.9 Å². The van der Waals surface area contributed by atoms with Gasteiger partial charge in [0.15, 0.2) is 0 Å². The summed E-state index contributed by atoms with van der Waals surface area (Å²) < 4.78 is 28.8. The van der Waals surface area contributed by atoms with Crippen molar-refractivity contribution in [2.75, 3.05) is 23.9 Å². The van der Waals surface area contributed by atoms with Gasteiger partial charge in [0.1, 0.15) is 12.6 Å². The number of amides is 2. The second-order valence-electron chi connectivity index (χ2n) is 9.30. The molecule has 8 heteroatoms. The Balaban J connectivity index is 1.99. The first kappa shape index (κ1) is 28.9. The maximum atomic E-state index is 13.9. The van der Waals surface area contributed by atoms with Crippen LogP contribution >= 0.6 is 0 Å². The summed E-state index contributed by atoms with van der Waals surface area (Å²) in [6.45, 7) is 7.77. The lowest BCUT2D eigenvalue weighted by atomic mass is 10.1. The van der Waals surface area contributed by atoms with E-state index < -0.39 is 28.5 Å². The fourth-order valence-electron chi connectivity index (χ4n) is 4.27. The van der Waals surface area contributed by atoms with Gasteiger partial charge in [-0.1, -0.05) is 72.6 Å². The van der Waals surface area contributed by atoms with Gasteiger partial charge in [0, 0.05) is 13.1 Å². The zero-order chi connectivity index (χ0) is 27.7. The second kappa shape index (κ2) is 13.2. The van der Waals surface area contributed by atoms with Crippen molar-refractivity contribution in [2.45, 2.75) is 51.5 Å². The summed E-state index contributed by atoms with van der Waals surface area (Å²) in [5, 5.41) is 2.82. The van der Waals surface area contributed by atoms with E-state index in [1.54, 1.807) is 36.4 Å². The number of hydrogen-bond acceptors (Lipinski definition) is 4. The molecule has 2 amide bonds. The topological polar surface area (TPSA) is 86.8 Å². The molecular formula is C30H37N3O4S. The molecule has 7 nitrogen and oxygen atoms in total. The van der Waals surface area contributed by atoms with Crippen LogP contribution in [-0.4, -0.2) is 50.8 Å². The van der Waals surface area contributed by atoms with Crippen LogP contribution in [0.25, 0.3) is 0 Å². The van der Waals surface area contributed by atoms with E-state index in [0.717, 1.165) is 21.0 Å². The van der Waals surface area contributed by atoms with Gasteiger partial charge < -0.3 is 10.2 Å². The second-order valence-corrected chi connectivity index (χ2v) is 11.2. The smallest absolute Gasteiger partial charge is 0.264 e. The summed E-state index contributed by atoms with van der Waals surface area (Å²) in [4.78, 5) is 28.5. The third-order valence-electron chi connectivity index (χ3n) is 6.43. The molecule has 3 aromatic carbocycles. The first-order valence-corrected chi connectivity index (χ1v) is 14.4. The summed E-state index contributed by atoms with van der Waals surface area (Å²) >= 11 is 0. The van der Waals surface area contributed by atoms with Gasteiger partial charge in [0.25, 0.3) is 10.0 Å². The zero-order valence-electron chi connectivity index (χ0n) is 22.6. The average Bonchev–Trinajstić information content (AvgIpc) is 2.91. The van der Waals surface area contributed by atoms with Crippen molar-refractivity contribution in [2.24, 2.45) is 0 Å². The molecule has 0 saturated carbocycles. The van der Waals surface area contributed by atoms with Crippen LogP contribution in [0.15, 0.2) is 83.8 Å². The Hall–Kier alpha value is -3.65. The Morgan fingerprint density at radius 1 is 0.842 bits per heavy atom. The lowest BCUT2D eigenvalue weighted by Gasteiger charge is -2.33. The van der Waals surface area contributed by atoms with Gasteiger partial charge in [0.05, 0.1) is 10.6 Å². The number of nitrogens with one attached hydrogen (secondary N) is 1. The van der Waals surface area contributed by atoms with Gasteiger partial charge in [0.2, 0.25) is 11.8 Å². The average molecular weight is 536 g/mol. The van der Waals surface area contributed by atoms with Gasteiger partial charge in [-0.25, -0.2) is 8.42 Å². The summed E-state index contributed by atoms with van der Waals surface area (Å²) in [7, 11) is -4.06. The molecule has 0 aliphatic carbocycles. The molecule has 1 atom stereocenters. The van der Waals surface area contributed by atoms with E-state index in [4.69, 9.17) is 0 Å². The molecule has 0 aliphatic heterocycles. The minimum absolute atomic E-state index is 0.100. The fraction of sp³-hybridized carbons (Fsp3) is 0.333. The highest BCUT2D eigenvalue weighted by Gasteiger charge is 2.33. The normalized spacial score (nSPS) is 12.0. The SMILES string of the molecule is CCNC(=O)[C@H](CC)N(CCc1ccccc1)C(=O)CN(c1ccc(C)cc1)S(=O)(=O)c1ccc(C)cc1. The Kier molecular flexibility index (Phi) is 10.1. The Morgan fingerprint density at radius 3 is 1.97 bits per heavy atom. The molecule has 1 N–H and O–H groups in total. The van der Waals surface area contributed by atoms with E-state index in [0.29, 0.717) is 25.1 Å². The largest absolute Gasteiger partial charge is 0.355 e. The molecule has 0 bridgehead atoms. The Labute approximate surface area is 226 Å². The summed E-state index contributed by atoms with van der Waals surface area (Å²) in [6, 6.07) is 22.6. The number of aryl methyl sites for hydroxylation is 2. The van der Waals surface area contributed by atoms with Crippen LogP contribution in [0.4, 0.5) is 5.69 Å². The molecule has 0 fully saturated rings. The summed E-state index contributed by atoms with van der Waals surface area (Å²) in [6.07, 6.45) is 0.944. The van der Waals surface area contributed by atoms with Crippen LogP contribution in [0, 0.1) is 13.8 Å². The molecule has 0 saturated heterocycles. The monoisotopic (exact) mass is 535 g/mol. The Morgan fingerprint density at radius 2 is 1.42 bits per heavy atom. The minimum Gasteiger partial charge on any atom is -0.355 e. The molecule has 0 spiro atoms. The lowest BCUT2D eigenvalue weighted by molar-refractivity contribution is -0.139. The zero-order valence-corrected chi connectivity index (χ0v) is 23.4. The predicted molar refractivity (Wildman–Crippen MR) is 152 cm³/mol. The first-order valence-electron chi connectivity index (χ1n) is 12.9. The lowest BCUT2D eigenvalue weighted by Crippen LogP contribution is -2.53. The number of carbonyl (C=O) groups excluding carboxylic acids is 2. The molecule has 202 valence electrons. The first-order chi connectivity index (χ1) is 18.2. The van der Waals surface area contributed by atoms with Crippen LogP contribution in [0.1, 0.15) is 37.0 Å². The molecule has 0 unspecified atom stereocenters. The molecular weight excluding hydrogens is 498 g/mol. The van der Waals surface area contributed by atoms with Crippen LogP contribution in [0.2, 0.25) is 0 Å². The fourth-order valence-corrected chi connectivity index (χ4v) is 5.68. The highest BCUT2D eigenvalue weighted by Crippen LogP contribution is 2.25. The summed E-state index contributed by atoms with van der Waals surface area (Å²) in [5.41, 5.74) is 3.32. The molecule has 0 radical (unpaired) electrons. The summed E-state index contributed by atoms with van der Waals surface area (Å²) in [5.74, 6) is -0.685. The molecule has 0 heterocycles. The number of nitrogens with zero attached hydrogens (tertiary/aromatic N) is 2. The molecule has 0 aliphatic rings. The third-order valence-corrected chi connectivity index (χ3v) is 8.22. The van der Waals surface area contributed by atoms with Crippen LogP contribution < -0.4 is 9.62 Å². The number of sulfonamides is 1. The van der Waals surface area contributed by atoms with E-state index in [1.807, 2.05) is 70.2 Å². The maximum absolute atomic E-state index is 13.9. The predicted octanol–water partition coefficient (Wildman–Crippen LogP) is 4.48. The highest BCUT2D eigenvalue weighted by molar-refractivity contribution is 7.92. The van der Waals surface area contributed by atoms with Crippen molar-refractivity contribution < 1.29 is 18.0 Å². The third kappa shape index (κ3) is 7.22. The number of hydrogen-bond donors (Lipinski definition) is 1. The molecule has 3 rings (SSSR count). The van der Waals surface area contributed by atoms with Gasteiger partial charge in [-0.05, 0) is 63.4 Å².